The van der Waals surface area contributed by atoms with Gasteiger partial charge in [-0.15, -0.1) is 0 Å². The third kappa shape index (κ3) is 2.37. The molecule has 1 aromatic carbocycles. The molecule has 0 unspecified atom stereocenters. The summed E-state index contributed by atoms with van der Waals surface area (Å²) < 4.78 is 15.9. The van der Waals surface area contributed by atoms with Gasteiger partial charge in [0.2, 0.25) is 0 Å². The summed E-state index contributed by atoms with van der Waals surface area (Å²) >= 11 is 0. The number of hydrogen-bond donors (Lipinski definition) is 1. The molecule has 1 saturated heterocycles. The molecule has 1 aromatic rings. The average molecular weight is 195 g/mol. The first-order valence-electron chi connectivity index (χ1n) is 4.56. The van der Waals surface area contributed by atoms with Crippen LogP contribution in [-0.2, 0) is 9.47 Å². The molecule has 0 radical (unpaired) electrons. The molecule has 1 heterocycles. The normalized spacial score (nSPS) is 17.1. The first kappa shape index (κ1) is 9.30. The molecule has 0 atom stereocenters. The second-order valence-corrected chi connectivity index (χ2v) is 3.05. The highest BCUT2D eigenvalue weighted by Gasteiger charge is 2.16. The Balaban J connectivity index is 1.82. The summed E-state index contributed by atoms with van der Waals surface area (Å²) in [6.45, 7) is 1.72. The lowest BCUT2D eigenvalue weighted by Crippen LogP contribution is -2.18. The lowest BCUT2D eigenvalue weighted by atomic mass is 10.3. The summed E-state index contributed by atoms with van der Waals surface area (Å²) in [5.74, 6) is 0.776. The maximum Gasteiger partial charge on any atom is 0.191 e. The van der Waals surface area contributed by atoms with Crippen molar-refractivity contribution in [1.29, 1.82) is 0 Å². The maximum atomic E-state index is 5.54. The van der Waals surface area contributed by atoms with Crippen LogP contribution in [0.1, 0.15) is 0 Å². The van der Waals surface area contributed by atoms with Crippen molar-refractivity contribution in [1.82, 2.24) is 0 Å². The van der Waals surface area contributed by atoms with Crippen molar-refractivity contribution in [3.8, 4) is 5.75 Å². The van der Waals surface area contributed by atoms with Gasteiger partial charge in [0.05, 0.1) is 13.2 Å². The van der Waals surface area contributed by atoms with Gasteiger partial charge in [0.25, 0.3) is 0 Å². The number of nitrogen functional groups attached to an aromatic ring is 1. The second-order valence-electron chi connectivity index (χ2n) is 3.05. The van der Waals surface area contributed by atoms with Gasteiger partial charge in [-0.2, -0.15) is 0 Å². The van der Waals surface area contributed by atoms with Crippen molar-refractivity contribution in [3.63, 3.8) is 0 Å². The monoisotopic (exact) mass is 195 g/mol. The van der Waals surface area contributed by atoms with Gasteiger partial charge >= 0.3 is 0 Å². The van der Waals surface area contributed by atoms with Gasteiger partial charge in [-0.1, -0.05) is 0 Å². The van der Waals surface area contributed by atoms with Crippen LogP contribution in [0.2, 0.25) is 0 Å². The highest BCUT2D eigenvalue weighted by Crippen LogP contribution is 2.14. The topological polar surface area (TPSA) is 53.7 Å². The van der Waals surface area contributed by atoms with E-state index in [9.17, 15) is 0 Å². The Kier molecular flexibility index (Phi) is 2.86. The maximum absolute atomic E-state index is 5.54. The van der Waals surface area contributed by atoms with Crippen LogP contribution in [0.15, 0.2) is 24.3 Å². The van der Waals surface area contributed by atoms with Gasteiger partial charge in [0.15, 0.2) is 6.29 Å². The van der Waals surface area contributed by atoms with Crippen molar-refractivity contribution in [2.75, 3.05) is 25.6 Å². The average Bonchev–Trinajstić information content (AvgIpc) is 2.70. The summed E-state index contributed by atoms with van der Waals surface area (Å²) in [7, 11) is 0. The number of hydrogen-bond acceptors (Lipinski definition) is 4. The van der Waals surface area contributed by atoms with Crippen molar-refractivity contribution in [2.45, 2.75) is 6.29 Å². The van der Waals surface area contributed by atoms with Crippen LogP contribution in [0.3, 0.4) is 0 Å². The number of rotatable bonds is 3. The van der Waals surface area contributed by atoms with Crippen LogP contribution >= 0.6 is 0 Å². The van der Waals surface area contributed by atoms with E-state index in [1.54, 1.807) is 12.1 Å². The minimum absolute atomic E-state index is 0.229. The van der Waals surface area contributed by atoms with E-state index in [4.69, 9.17) is 19.9 Å². The molecular formula is C10H13NO3. The molecule has 0 saturated carbocycles. The summed E-state index contributed by atoms with van der Waals surface area (Å²) in [4.78, 5) is 0. The zero-order chi connectivity index (χ0) is 9.80. The molecule has 14 heavy (non-hydrogen) atoms. The molecule has 0 aromatic heterocycles. The molecule has 0 aliphatic carbocycles. The highest BCUT2D eigenvalue weighted by molar-refractivity contribution is 5.41. The summed E-state index contributed by atoms with van der Waals surface area (Å²) in [5, 5.41) is 0. The van der Waals surface area contributed by atoms with E-state index in [1.165, 1.54) is 0 Å². The first-order valence-corrected chi connectivity index (χ1v) is 4.56. The third-order valence-electron chi connectivity index (χ3n) is 1.96. The van der Waals surface area contributed by atoms with E-state index in [0.29, 0.717) is 19.8 Å². The zero-order valence-electron chi connectivity index (χ0n) is 7.81. The molecule has 1 fully saturated rings. The van der Waals surface area contributed by atoms with Crippen molar-refractivity contribution >= 4 is 5.69 Å². The fourth-order valence-corrected chi connectivity index (χ4v) is 1.23. The van der Waals surface area contributed by atoms with Crippen LogP contribution in [0.5, 0.6) is 5.75 Å². The van der Waals surface area contributed by atoms with Gasteiger partial charge in [0, 0.05) is 5.69 Å². The Morgan fingerprint density at radius 2 is 1.86 bits per heavy atom. The Labute approximate surface area is 82.6 Å². The molecule has 76 valence electrons. The van der Waals surface area contributed by atoms with Crippen molar-refractivity contribution in [2.24, 2.45) is 0 Å². The smallest absolute Gasteiger partial charge is 0.191 e. The van der Waals surface area contributed by atoms with Gasteiger partial charge in [-0.25, -0.2) is 0 Å². The molecule has 4 nitrogen and oxygen atoms in total. The zero-order valence-corrected chi connectivity index (χ0v) is 7.81. The fraction of sp³-hybridized carbons (Fsp3) is 0.400. The lowest BCUT2D eigenvalue weighted by Gasteiger charge is -2.10. The van der Waals surface area contributed by atoms with Gasteiger partial charge in [-0.05, 0) is 24.3 Å². The van der Waals surface area contributed by atoms with Crippen LogP contribution < -0.4 is 10.5 Å². The predicted octanol–water partition coefficient (Wildman–Crippen LogP) is 1.02. The van der Waals surface area contributed by atoms with Crippen molar-refractivity contribution in [3.05, 3.63) is 24.3 Å². The number of benzene rings is 1. The Hall–Kier alpha value is -1.26. The summed E-state index contributed by atoms with van der Waals surface area (Å²) in [5.41, 5.74) is 6.27. The van der Waals surface area contributed by atoms with E-state index in [-0.39, 0.29) is 6.29 Å². The SMILES string of the molecule is Nc1ccc(OCC2OCCO2)cc1. The van der Waals surface area contributed by atoms with Gasteiger partial charge < -0.3 is 19.9 Å². The molecule has 2 N–H and O–H groups in total. The summed E-state index contributed by atoms with van der Waals surface area (Å²) in [6, 6.07) is 7.24. The lowest BCUT2D eigenvalue weighted by molar-refractivity contribution is -0.0684. The third-order valence-corrected chi connectivity index (χ3v) is 1.96. The Bertz CT molecular complexity index is 280. The van der Waals surface area contributed by atoms with E-state index < -0.39 is 0 Å². The minimum Gasteiger partial charge on any atom is -0.488 e. The van der Waals surface area contributed by atoms with Crippen LogP contribution in [0.4, 0.5) is 5.69 Å². The first-order chi connectivity index (χ1) is 6.84. The van der Waals surface area contributed by atoms with E-state index in [1.807, 2.05) is 12.1 Å². The predicted molar refractivity (Wildman–Crippen MR) is 52.0 cm³/mol. The molecule has 1 aliphatic rings. The van der Waals surface area contributed by atoms with E-state index in [2.05, 4.69) is 0 Å². The van der Waals surface area contributed by atoms with Gasteiger partial charge in [0.1, 0.15) is 12.4 Å². The molecule has 0 amide bonds. The van der Waals surface area contributed by atoms with Crippen LogP contribution in [-0.4, -0.2) is 26.1 Å². The molecular weight excluding hydrogens is 182 g/mol. The van der Waals surface area contributed by atoms with Crippen LogP contribution in [0, 0.1) is 0 Å². The molecule has 1 aliphatic heterocycles. The van der Waals surface area contributed by atoms with Crippen molar-refractivity contribution < 1.29 is 14.2 Å². The number of ether oxygens (including phenoxy) is 3. The highest BCUT2D eigenvalue weighted by atomic mass is 16.7. The molecule has 0 bridgehead atoms. The van der Waals surface area contributed by atoms with E-state index in [0.717, 1.165) is 11.4 Å². The quantitative estimate of drug-likeness (QED) is 0.731. The molecule has 4 heteroatoms. The fourth-order valence-electron chi connectivity index (χ4n) is 1.23. The van der Waals surface area contributed by atoms with E-state index >= 15 is 0 Å². The molecule has 0 spiro atoms. The Morgan fingerprint density at radius 1 is 1.21 bits per heavy atom. The van der Waals surface area contributed by atoms with Crippen LogP contribution in [0.25, 0.3) is 0 Å². The minimum atomic E-state index is -0.229. The second kappa shape index (κ2) is 4.30. The number of nitrogens with two attached hydrogens (primary N) is 1. The standard InChI is InChI=1S/C10H13NO3/c11-8-1-3-9(4-2-8)14-7-10-12-5-6-13-10/h1-4,10H,5-7,11H2. The molecule has 2 rings (SSSR count). The Morgan fingerprint density at radius 3 is 2.50 bits per heavy atom. The van der Waals surface area contributed by atoms with Gasteiger partial charge in [-0.3, -0.25) is 0 Å². The summed E-state index contributed by atoms with van der Waals surface area (Å²) in [6.07, 6.45) is -0.229. The largest absolute Gasteiger partial charge is 0.488 e. The number of anilines is 1.